The van der Waals surface area contributed by atoms with Crippen LogP contribution in [-0.2, 0) is 6.42 Å². The predicted octanol–water partition coefficient (Wildman–Crippen LogP) is 5.76. The van der Waals surface area contributed by atoms with Crippen LogP contribution in [-0.4, -0.2) is 6.54 Å². The Morgan fingerprint density at radius 1 is 1.35 bits per heavy atom. The minimum Gasteiger partial charge on any atom is -0.310 e. The van der Waals surface area contributed by atoms with Crippen LogP contribution < -0.4 is 5.32 Å². The third kappa shape index (κ3) is 4.08. The second kappa shape index (κ2) is 7.60. The number of thiophene rings is 1. The Bertz CT molecular complexity index is 567. The van der Waals surface area contributed by atoms with Gasteiger partial charge in [-0.1, -0.05) is 24.6 Å². The van der Waals surface area contributed by atoms with E-state index in [0.717, 1.165) is 24.4 Å². The average molecular weight is 373 g/mol. The summed E-state index contributed by atoms with van der Waals surface area (Å²) in [7, 11) is 0. The van der Waals surface area contributed by atoms with Crippen molar-refractivity contribution in [3.8, 4) is 0 Å². The zero-order chi connectivity index (χ0) is 14.5. The van der Waals surface area contributed by atoms with Crippen LogP contribution in [0.25, 0.3) is 0 Å². The van der Waals surface area contributed by atoms with Gasteiger partial charge in [0.15, 0.2) is 0 Å². The monoisotopic (exact) mass is 371 g/mol. The van der Waals surface area contributed by atoms with Gasteiger partial charge in [0.2, 0.25) is 0 Å². The van der Waals surface area contributed by atoms with Crippen LogP contribution in [0.15, 0.2) is 34.1 Å². The highest BCUT2D eigenvalue weighted by Crippen LogP contribution is 2.30. The maximum absolute atomic E-state index is 6.07. The maximum Gasteiger partial charge on any atom is 0.0408 e. The van der Waals surface area contributed by atoms with Gasteiger partial charge in [-0.2, -0.15) is 0 Å². The summed E-state index contributed by atoms with van der Waals surface area (Å²) in [4.78, 5) is 1.38. The lowest BCUT2D eigenvalue weighted by Gasteiger charge is -2.21. The lowest BCUT2D eigenvalue weighted by atomic mass is 9.98. The van der Waals surface area contributed by atoms with Gasteiger partial charge in [0.1, 0.15) is 0 Å². The SMILES string of the molecule is CCCNC(Cc1sccc1Br)c1ccc(Cl)cc1C. The first-order valence-corrected chi connectivity index (χ1v) is 8.88. The third-order valence-corrected chi connectivity index (χ3v) is 5.51. The fourth-order valence-electron chi connectivity index (χ4n) is 2.30. The van der Waals surface area contributed by atoms with Crippen LogP contribution in [0.1, 0.15) is 35.4 Å². The summed E-state index contributed by atoms with van der Waals surface area (Å²) in [5.74, 6) is 0. The van der Waals surface area contributed by atoms with E-state index in [9.17, 15) is 0 Å². The van der Waals surface area contributed by atoms with Gasteiger partial charge in [-0.3, -0.25) is 0 Å². The molecule has 0 radical (unpaired) electrons. The lowest BCUT2D eigenvalue weighted by molar-refractivity contribution is 0.529. The molecule has 1 aromatic carbocycles. The standard InChI is InChI=1S/C16H19BrClNS/c1-3-7-19-15(10-16-14(17)6-8-20-16)13-5-4-12(18)9-11(13)2/h4-6,8-9,15,19H,3,7,10H2,1-2H3. The molecule has 1 aromatic heterocycles. The molecular weight excluding hydrogens is 354 g/mol. The molecule has 1 atom stereocenters. The van der Waals surface area contributed by atoms with E-state index in [4.69, 9.17) is 11.6 Å². The molecule has 0 aliphatic rings. The first-order valence-electron chi connectivity index (χ1n) is 6.83. The number of aryl methyl sites for hydroxylation is 1. The van der Waals surface area contributed by atoms with Gasteiger partial charge in [-0.25, -0.2) is 0 Å². The normalized spacial score (nSPS) is 12.6. The van der Waals surface area contributed by atoms with Crippen LogP contribution in [0.4, 0.5) is 0 Å². The molecular formula is C16H19BrClNS. The Balaban J connectivity index is 2.24. The molecule has 2 aromatic rings. The topological polar surface area (TPSA) is 12.0 Å². The summed E-state index contributed by atoms with van der Waals surface area (Å²) in [6.07, 6.45) is 2.13. The van der Waals surface area contributed by atoms with E-state index in [0.29, 0.717) is 6.04 Å². The number of hydrogen-bond donors (Lipinski definition) is 1. The second-order valence-electron chi connectivity index (χ2n) is 4.90. The molecule has 0 aliphatic carbocycles. The highest BCUT2D eigenvalue weighted by molar-refractivity contribution is 9.10. The highest BCUT2D eigenvalue weighted by Gasteiger charge is 2.16. The molecule has 1 nitrogen and oxygen atoms in total. The molecule has 1 unspecified atom stereocenters. The number of hydrogen-bond acceptors (Lipinski definition) is 2. The van der Waals surface area contributed by atoms with Gasteiger partial charge in [0, 0.05) is 26.8 Å². The van der Waals surface area contributed by atoms with E-state index >= 15 is 0 Å². The Morgan fingerprint density at radius 3 is 2.75 bits per heavy atom. The van der Waals surface area contributed by atoms with Crippen molar-refractivity contribution in [2.24, 2.45) is 0 Å². The van der Waals surface area contributed by atoms with Gasteiger partial charge in [-0.15, -0.1) is 11.3 Å². The second-order valence-corrected chi connectivity index (χ2v) is 7.19. The number of nitrogens with one attached hydrogen (secondary N) is 1. The fraction of sp³-hybridized carbons (Fsp3) is 0.375. The van der Waals surface area contributed by atoms with Crippen LogP contribution in [0.2, 0.25) is 5.02 Å². The molecule has 108 valence electrons. The van der Waals surface area contributed by atoms with E-state index in [2.05, 4.69) is 52.6 Å². The molecule has 2 rings (SSSR count). The summed E-state index contributed by atoms with van der Waals surface area (Å²) in [6, 6.07) is 8.62. The minimum atomic E-state index is 0.335. The molecule has 0 bridgehead atoms. The van der Waals surface area contributed by atoms with Crippen molar-refractivity contribution in [1.82, 2.24) is 5.32 Å². The number of rotatable bonds is 6. The smallest absolute Gasteiger partial charge is 0.0408 e. The van der Waals surface area contributed by atoms with E-state index < -0.39 is 0 Å². The summed E-state index contributed by atoms with van der Waals surface area (Å²) in [5, 5.41) is 6.59. The maximum atomic E-state index is 6.07. The molecule has 1 N–H and O–H groups in total. The Labute approximate surface area is 138 Å². The van der Waals surface area contributed by atoms with Crippen LogP contribution in [0.5, 0.6) is 0 Å². The molecule has 0 spiro atoms. The lowest BCUT2D eigenvalue weighted by Crippen LogP contribution is -2.24. The van der Waals surface area contributed by atoms with Crippen LogP contribution in [0, 0.1) is 6.92 Å². The first kappa shape index (κ1) is 16.0. The largest absolute Gasteiger partial charge is 0.310 e. The van der Waals surface area contributed by atoms with E-state index in [1.54, 1.807) is 11.3 Å². The molecule has 1 heterocycles. The quantitative estimate of drug-likeness (QED) is 0.680. The zero-order valence-corrected chi connectivity index (χ0v) is 14.9. The van der Waals surface area contributed by atoms with E-state index in [1.165, 1.54) is 20.5 Å². The minimum absolute atomic E-state index is 0.335. The van der Waals surface area contributed by atoms with E-state index in [1.807, 2.05) is 12.1 Å². The Morgan fingerprint density at radius 2 is 2.15 bits per heavy atom. The number of benzene rings is 1. The van der Waals surface area contributed by atoms with E-state index in [-0.39, 0.29) is 0 Å². The van der Waals surface area contributed by atoms with Crippen molar-refractivity contribution in [1.29, 1.82) is 0 Å². The van der Waals surface area contributed by atoms with Crippen molar-refractivity contribution in [3.05, 3.63) is 55.1 Å². The first-order chi connectivity index (χ1) is 9.61. The van der Waals surface area contributed by atoms with Gasteiger partial charge in [-0.05, 0) is 70.5 Å². The van der Waals surface area contributed by atoms with Crippen LogP contribution in [0.3, 0.4) is 0 Å². The molecule has 4 heteroatoms. The van der Waals surface area contributed by atoms with Crippen molar-refractivity contribution in [2.45, 2.75) is 32.7 Å². The predicted molar refractivity (Wildman–Crippen MR) is 92.9 cm³/mol. The zero-order valence-electron chi connectivity index (χ0n) is 11.7. The highest BCUT2D eigenvalue weighted by atomic mass is 79.9. The van der Waals surface area contributed by atoms with Gasteiger partial charge in [0.05, 0.1) is 0 Å². The van der Waals surface area contributed by atoms with Crippen LogP contribution >= 0.6 is 38.9 Å². The van der Waals surface area contributed by atoms with Crippen molar-refractivity contribution >= 4 is 38.9 Å². The third-order valence-electron chi connectivity index (χ3n) is 3.33. The molecule has 20 heavy (non-hydrogen) atoms. The van der Waals surface area contributed by atoms with Gasteiger partial charge in [0.25, 0.3) is 0 Å². The molecule has 0 saturated carbocycles. The van der Waals surface area contributed by atoms with Crippen molar-refractivity contribution in [3.63, 3.8) is 0 Å². The summed E-state index contributed by atoms with van der Waals surface area (Å²) < 4.78 is 1.21. The fourth-order valence-corrected chi connectivity index (χ4v) is 4.08. The van der Waals surface area contributed by atoms with Gasteiger partial charge >= 0.3 is 0 Å². The molecule has 0 saturated heterocycles. The van der Waals surface area contributed by atoms with Gasteiger partial charge < -0.3 is 5.32 Å². The molecule has 0 fully saturated rings. The van der Waals surface area contributed by atoms with Crippen molar-refractivity contribution in [2.75, 3.05) is 6.54 Å². The number of halogens is 2. The van der Waals surface area contributed by atoms with Crippen molar-refractivity contribution < 1.29 is 0 Å². The molecule has 0 amide bonds. The molecule has 0 aliphatic heterocycles. The summed E-state index contributed by atoms with van der Waals surface area (Å²) in [6.45, 7) is 5.35. The Hall–Kier alpha value is -0.350. The Kier molecular flexibility index (Phi) is 6.09. The average Bonchev–Trinajstić information content (AvgIpc) is 2.80. The summed E-state index contributed by atoms with van der Waals surface area (Å²) >= 11 is 11.5. The summed E-state index contributed by atoms with van der Waals surface area (Å²) in [5.41, 5.74) is 2.59.